The van der Waals surface area contributed by atoms with Crippen molar-refractivity contribution in [3.63, 3.8) is 0 Å². The fourth-order valence-corrected chi connectivity index (χ4v) is 14.2. The smallest absolute Gasteiger partial charge is 0.413 e. The molecule has 431 valence electrons. The van der Waals surface area contributed by atoms with E-state index in [0.29, 0.717) is 0 Å². The van der Waals surface area contributed by atoms with Gasteiger partial charge in [-0.1, -0.05) is 165 Å². The fraction of sp³-hybridized carbons (Fsp3) is 0.0641. The first-order valence-corrected chi connectivity index (χ1v) is 29.7. The van der Waals surface area contributed by atoms with Crippen LogP contribution in [-0.2, 0) is 39.1 Å². The molecular formula is C78H46F3IrN8-3. The van der Waals surface area contributed by atoms with Gasteiger partial charge in [0.1, 0.15) is 5.82 Å². The number of halogens is 3. The van der Waals surface area contributed by atoms with Gasteiger partial charge in [-0.2, -0.15) is 37.4 Å². The largest absolute Gasteiger partial charge is 0.429 e. The molecule has 4 aliphatic carbocycles. The maximum atomic E-state index is 12.1. The van der Waals surface area contributed by atoms with Gasteiger partial charge >= 0.3 is 6.18 Å². The molecule has 90 heavy (non-hydrogen) atoms. The van der Waals surface area contributed by atoms with Crippen LogP contribution in [0.2, 0.25) is 0 Å². The number of allylic oxidation sites excluding steroid dienone is 6. The Morgan fingerprint density at radius 1 is 0.478 bits per heavy atom. The van der Waals surface area contributed by atoms with E-state index in [1.807, 2.05) is 0 Å². The van der Waals surface area contributed by atoms with Crippen molar-refractivity contribution in [2.24, 2.45) is 0 Å². The Bertz CT molecular complexity index is 5400. The Morgan fingerprint density at radius 2 is 0.944 bits per heavy atom. The van der Waals surface area contributed by atoms with Gasteiger partial charge in [-0.15, -0.1) is 44.8 Å². The van der Waals surface area contributed by atoms with Crippen molar-refractivity contribution in [2.45, 2.75) is 31.9 Å². The average molecular weight is 1340 g/mol. The molecule has 1 radical (unpaired) electrons. The summed E-state index contributed by atoms with van der Waals surface area (Å²) in [7, 11) is 0. The second-order valence-corrected chi connectivity index (χ2v) is 23.1. The van der Waals surface area contributed by atoms with Crippen LogP contribution in [0.15, 0.2) is 219 Å². The van der Waals surface area contributed by atoms with Gasteiger partial charge in [-0.3, -0.25) is 19.2 Å². The van der Waals surface area contributed by atoms with Crippen LogP contribution in [0, 0.1) is 24.8 Å². The third-order valence-electron chi connectivity index (χ3n) is 18.2. The third kappa shape index (κ3) is 8.50. The molecule has 0 N–H and O–H groups in total. The van der Waals surface area contributed by atoms with E-state index in [-0.39, 0.29) is 31.6 Å². The molecular weight excluding hydrogens is 1300 g/mol. The van der Waals surface area contributed by atoms with Crippen molar-refractivity contribution in [3.05, 3.63) is 283 Å². The van der Waals surface area contributed by atoms with Gasteiger partial charge < -0.3 is 19.2 Å². The van der Waals surface area contributed by atoms with E-state index in [2.05, 4.69) is 270 Å². The predicted octanol–water partition coefficient (Wildman–Crippen LogP) is 17.0. The van der Waals surface area contributed by atoms with Gasteiger partial charge in [0.05, 0.1) is 17.1 Å². The van der Waals surface area contributed by atoms with Gasteiger partial charge in [0.2, 0.25) is 0 Å². The number of rotatable bonds is 5. The minimum Gasteiger partial charge on any atom is -0.413 e. The molecule has 12 aromatic carbocycles. The van der Waals surface area contributed by atoms with E-state index in [1.165, 1.54) is 143 Å². The Balaban J connectivity index is 0.000000113. The molecule has 4 aromatic heterocycles. The number of benzene rings is 12. The van der Waals surface area contributed by atoms with Crippen LogP contribution >= 0.6 is 0 Å². The SMILES string of the molecule is FC(F)(F)c1n[n-]c(-c2ccccn2)n1.[Ir].[c-]1cc2c3c4c(ccc3c1-n1[c-][n+](-c3ccc5ccc6cccc7ccc3c5c67)cc1)C=CCC4=CC2.[c-]1cc2c3c4c(ccc3c1-n1[c-][n+](-c3ccc5ccc6cccc7ccc3c5c67)cc1)C=CCC4=CC2. The van der Waals surface area contributed by atoms with E-state index in [4.69, 9.17) is 0 Å². The molecule has 4 aliphatic rings. The molecule has 0 saturated heterocycles. The minimum absolute atomic E-state index is 0. The zero-order chi connectivity index (χ0) is 59.1. The van der Waals surface area contributed by atoms with E-state index in [0.717, 1.165) is 48.4 Å². The van der Waals surface area contributed by atoms with Crippen molar-refractivity contribution in [1.29, 1.82) is 0 Å². The van der Waals surface area contributed by atoms with Crippen LogP contribution < -0.4 is 14.2 Å². The zero-order valence-corrected chi connectivity index (χ0v) is 50.2. The Hall–Kier alpha value is -10.7. The van der Waals surface area contributed by atoms with Crippen LogP contribution in [-0.4, -0.2) is 24.2 Å². The van der Waals surface area contributed by atoms with Gasteiger partial charge in [0, 0.05) is 51.1 Å². The number of hydrogen-bond donors (Lipinski definition) is 0. The predicted molar refractivity (Wildman–Crippen MR) is 347 cm³/mol. The number of alkyl halides is 3. The number of hydrogen-bond acceptors (Lipinski definition) is 3. The molecule has 0 unspecified atom stereocenters. The number of nitrogens with zero attached hydrogens (tertiary/aromatic N) is 8. The summed E-state index contributed by atoms with van der Waals surface area (Å²) in [6.45, 7) is 0. The van der Waals surface area contributed by atoms with Gasteiger partial charge in [0.25, 0.3) is 12.7 Å². The summed E-state index contributed by atoms with van der Waals surface area (Å²) in [6, 6.07) is 65.3. The van der Waals surface area contributed by atoms with E-state index in [1.54, 1.807) is 12.1 Å². The second-order valence-electron chi connectivity index (χ2n) is 23.1. The van der Waals surface area contributed by atoms with Crippen LogP contribution in [0.4, 0.5) is 13.2 Å². The maximum absolute atomic E-state index is 12.1. The number of aromatic nitrogens is 8. The molecule has 0 atom stereocenters. The summed E-state index contributed by atoms with van der Waals surface area (Å²) in [5, 5.41) is 27.0. The van der Waals surface area contributed by atoms with Gasteiger partial charge in [0.15, 0.2) is 0 Å². The average Bonchev–Trinajstić information content (AvgIpc) is 1.08. The van der Waals surface area contributed by atoms with Crippen molar-refractivity contribution < 1.29 is 42.4 Å². The van der Waals surface area contributed by atoms with Crippen LogP contribution in [0.3, 0.4) is 0 Å². The van der Waals surface area contributed by atoms with E-state index < -0.39 is 12.0 Å². The molecule has 8 nitrogen and oxygen atoms in total. The summed E-state index contributed by atoms with van der Waals surface area (Å²) in [5.41, 5.74) is 15.7. The molecule has 0 spiro atoms. The molecule has 4 heterocycles. The summed E-state index contributed by atoms with van der Waals surface area (Å²) in [5.74, 6) is -1.37. The normalized spacial score (nSPS) is 13.7. The summed E-state index contributed by atoms with van der Waals surface area (Å²) < 4.78 is 44.8. The molecule has 20 rings (SSSR count). The van der Waals surface area contributed by atoms with Crippen molar-refractivity contribution in [2.75, 3.05) is 0 Å². The van der Waals surface area contributed by atoms with Gasteiger partial charge in [-0.05, 0) is 152 Å². The molecule has 0 aliphatic heterocycles. The number of imidazole rings is 2. The maximum Gasteiger partial charge on any atom is 0.429 e. The Labute approximate surface area is 527 Å². The molecule has 0 bridgehead atoms. The van der Waals surface area contributed by atoms with Crippen LogP contribution in [0.5, 0.6) is 0 Å². The topological polar surface area (TPSA) is 70.4 Å². The van der Waals surface area contributed by atoms with Crippen molar-refractivity contribution in [1.82, 2.24) is 29.3 Å². The molecule has 0 amide bonds. The first-order valence-electron chi connectivity index (χ1n) is 29.7. The fourth-order valence-electron chi connectivity index (χ4n) is 14.2. The van der Waals surface area contributed by atoms with Crippen molar-refractivity contribution >= 4 is 109 Å². The third-order valence-corrected chi connectivity index (χ3v) is 18.2. The molecule has 16 aromatic rings. The standard InChI is InChI=1S/2C35H21N2.C8H4F3N4.Ir/c2*1-3-22-7-9-26-13-17-30(28-15-11-24(5-1)32(22)34(26)28)36-19-20-37(21-36)31-18-14-27-10-8-23-4-2-6-25-12-16-29(31)35(27)33(23)25;9-8(10,11)7-13-6(14-15-7)5-3-1-2-4-12-5;/h2*1-3,5-9,11-17,19-20H,4,10H2;1-4H;/q3*-1;. The second kappa shape index (κ2) is 20.7. The summed E-state index contributed by atoms with van der Waals surface area (Å²) in [6.07, 6.45) is 30.4. The van der Waals surface area contributed by atoms with Crippen LogP contribution in [0.1, 0.15) is 52.0 Å². The van der Waals surface area contributed by atoms with E-state index >= 15 is 0 Å². The Kier molecular flexibility index (Phi) is 12.3. The first-order chi connectivity index (χ1) is 43.7. The number of pyridine rings is 1. The zero-order valence-electron chi connectivity index (χ0n) is 47.8. The molecule has 0 fully saturated rings. The summed E-state index contributed by atoms with van der Waals surface area (Å²) in [4.78, 5) is 7.05. The molecule has 0 saturated carbocycles. The molecule has 12 heteroatoms. The summed E-state index contributed by atoms with van der Waals surface area (Å²) >= 11 is 0. The van der Waals surface area contributed by atoms with E-state index in [9.17, 15) is 13.2 Å². The minimum atomic E-state index is -4.57. The first kappa shape index (κ1) is 53.6. The van der Waals surface area contributed by atoms with Crippen LogP contribution in [0.25, 0.3) is 144 Å². The quantitative estimate of drug-likeness (QED) is 0.0978. The Morgan fingerprint density at radius 3 is 1.41 bits per heavy atom. The van der Waals surface area contributed by atoms with Crippen molar-refractivity contribution in [3.8, 4) is 34.3 Å². The monoisotopic (exact) mass is 1340 g/mol. The van der Waals surface area contributed by atoms with Gasteiger partial charge in [-0.25, -0.2) is 0 Å².